The molecular formula is C23H23N3O4. The number of rotatable bonds is 6. The molecule has 0 spiro atoms. The smallest absolute Gasteiger partial charge is 0.273 e. The third-order valence-corrected chi connectivity index (χ3v) is 4.53. The molecule has 2 aromatic carbocycles. The number of amides is 3. The van der Waals surface area contributed by atoms with Crippen LogP contribution in [0.1, 0.15) is 50.3 Å². The lowest BCUT2D eigenvalue weighted by Crippen LogP contribution is -2.43. The Morgan fingerprint density at radius 1 is 0.867 bits per heavy atom. The summed E-state index contributed by atoms with van der Waals surface area (Å²) in [6, 6.07) is 19.0. The van der Waals surface area contributed by atoms with Crippen LogP contribution in [0.2, 0.25) is 0 Å². The van der Waals surface area contributed by atoms with E-state index in [4.69, 9.17) is 4.42 Å². The molecule has 1 heterocycles. The standard InChI is InChI=1S/C23H23N3O4/c1-15-13-19(16(2)30-15)23(29)26-25-21(27)14-20(17-9-5-3-6-10-17)24-22(28)18-11-7-4-8-12-18/h3-13,20H,14H2,1-2H3,(H,24,28)(H,25,27)(H,26,29)/t20-/m0/s1. The van der Waals surface area contributed by atoms with E-state index in [0.717, 1.165) is 5.56 Å². The molecule has 0 aliphatic carbocycles. The van der Waals surface area contributed by atoms with Gasteiger partial charge in [0.2, 0.25) is 5.91 Å². The first kappa shape index (κ1) is 20.9. The van der Waals surface area contributed by atoms with Crippen LogP contribution in [0.4, 0.5) is 0 Å². The predicted octanol–water partition coefficient (Wildman–Crippen LogP) is 3.22. The van der Waals surface area contributed by atoms with Gasteiger partial charge in [-0.1, -0.05) is 48.5 Å². The number of hydrazine groups is 1. The maximum Gasteiger partial charge on any atom is 0.273 e. The summed E-state index contributed by atoms with van der Waals surface area (Å²) in [6.45, 7) is 3.41. The number of benzene rings is 2. The molecule has 0 aliphatic heterocycles. The minimum absolute atomic E-state index is 0.0493. The molecule has 3 rings (SSSR count). The SMILES string of the molecule is Cc1cc(C(=O)NNC(=O)C[C@H](NC(=O)c2ccccc2)c2ccccc2)c(C)o1. The van der Waals surface area contributed by atoms with Crippen molar-refractivity contribution in [2.45, 2.75) is 26.3 Å². The van der Waals surface area contributed by atoms with Crippen molar-refractivity contribution >= 4 is 17.7 Å². The summed E-state index contributed by atoms with van der Waals surface area (Å²) < 4.78 is 5.33. The number of hydrogen-bond acceptors (Lipinski definition) is 4. The quantitative estimate of drug-likeness (QED) is 0.548. The van der Waals surface area contributed by atoms with Crippen molar-refractivity contribution in [3.63, 3.8) is 0 Å². The molecule has 0 aliphatic rings. The lowest BCUT2D eigenvalue weighted by molar-refractivity contribution is -0.122. The van der Waals surface area contributed by atoms with Gasteiger partial charge in [0.15, 0.2) is 0 Å². The summed E-state index contributed by atoms with van der Waals surface area (Å²) in [5, 5.41) is 2.88. The van der Waals surface area contributed by atoms with Gasteiger partial charge in [0.05, 0.1) is 18.0 Å². The van der Waals surface area contributed by atoms with E-state index in [-0.39, 0.29) is 12.3 Å². The van der Waals surface area contributed by atoms with Gasteiger partial charge in [-0.25, -0.2) is 0 Å². The van der Waals surface area contributed by atoms with Gasteiger partial charge >= 0.3 is 0 Å². The molecule has 7 heteroatoms. The van der Waals surface area contributed by atoms with Gasteiger partial charge < -0.3 is 9.73 Å². The van der Waals surface area contributed by atoms with Crippen LogP contribution < -0.4 is 16.2 Å². The minimum atomic E-state index is -0.561. The van der Waals surface area contributed by atoms with Gasteiger partial charge in [-0.05, 0) is 37.6 Å². The van der Waals surface area contributed by atoms with E-state index in [0.29, 0.717) is 22.6 Å². The maximum absolute atomic E-state index is 12.6. The zero-order chi connectivity index (χ0) is 21.5. The molecular weight excluding hydrogens is 382 g/mol. The molecule has 30 heavy (non-hydrogen) atoms. The van der Waals surface area contributed by atoms with E-state index in [1.165, 1.54) is 0 Å². The second kappa shape index (κ2) is 9.56. The number of hydrogen-bond donors (Lipinski definition) is 3. The molecule has 3 N–H and O–H groups in total. The van der Waals surface area contributed by atoms with Gasteiger partial charge in [-0.3, -0.25) is 25.2 Å². The first-order chi connectivity index (χ1) is 14.4. The van der Waals surface area contributed by atoms with E-state index in [2.05, 4.69) is 16.2 Å². The van der Waals surface area contributed by atoms with Crippen molar-refractivity contribution in [2.75, 3.05) is 0 Å². The minimum Gasteiger partial charge on any atom is -0.466 e. The van der Waals surface area contributed by atoms with Crippen LogP contribution in [0.25, 0.3) is 0 Å². The van der Waals surface area contributed by atoms with Crippen LogP contribution in [0.15, 0.2) is 71.1 Å². The van der Waals surface area contributed by atoms with Gasteiger partial charge in [-0.2, -0.15) is 0 Å². The molecule has 0 saturated heterocycles. The third kappa shape index (κ3) is 5.35. The third-order valence-electron chi connectivity index (χ3n) is 4.53. The van der Waals surface area contributed by atoms with Gasteiger partial charge in [0.25, 0.3) is 11.8 Å². The summed E-state index contributed by atoms with van der Waals surface area (Å²) in [5.41, 5.74) is 6.41. The Hall–Kier alpha value is -3.87. The molecule has 154 valence electrons. The monoisotopic (exact) mass is 405 g/mol. The highest BCUT2D eigenvalue weighted by molar-refractivity contribution is 5.97. The van der Waals surface area contributed by atoms with Crippen LogP contribution in [0, 0.1) is 13.8 Å². The Balaban J connectivity index is 1.65. The fourth-order valence-electron chi connectivity index (χ4n) is 3.06. The molecule has 7 nitrogen and oxygen atoms in total. The van der Waals surface area contributed by atoms with Gasteiger partial charge in [-0.15, -0.1) is 0 Å². The molecule has 0 bridgehead atoms. The highest BCUT2D eigenvalue weighted by atomic mass is 16.3. The number of furan rings is 1. The predicted molar refractivity (Wildman–Crippen MR) is 111 cm³/mol. The van der Waals surface area contributed by atoms with E-state index in [1.54, 1.807) is 44.2 Å². The fourth-order valence-corrected chi connectivity index (χ4v) is 3.06. The lowest BCUT2D eigenvalue weighted by Gasteiger charge is -2.19. The van der Waals surface area contributed by atoms with Crippen LogP contribution in [-0.2, 0) is 4.79 Å². The molecule has 0 radical (unpaired) electrons. The molecule has 1 aromatic heterocycles. The highest BCUT2D eigenvalue weighted by Crippen LogP contribution is 2.18. The topological polar surface area (TPSA) is 100 Å². The zero-order valence-corrected chi connectivity index (χ0v) is 16.8. The fraction of sp³-hybridized carbons (Fsp3) is 0.174. The van der Waals surface area contributed by atoms with Crippen LogP contribution in [0.5, 0.6) is 0 Å². The van der Waals surface area contributed by atoms with Crippen LogP contribution >= 0.6 is 0 Å². The number of nitrogens with one attached hydrogen (secondary N) is 3. The maximum atomic E-state index is 12.6. The summed E-state index contributed by atoms with van der Waals surface area (Å²) in [7, 11) is 0. The van der Waals surface area contributed by atoms with E-state index < -0.39 is 17.9 Å². The molecule has 3 aromatic rings. The largest absolute Gasteiger partial charge is 0.466 e. The lowest BCUT2D eigenvalue weighted by atomic mass is 10.0. The molecule has 0 fully saturated rings. The Morgan fingerprint density at radius 3 is 2.10 bits per heavy atom. The van der Waals surface area contributed by atoms with E-state index in [1.807, 2.05) is 36.4 Å². The van der Waals surface area contributed by atoms with Crippen molar-refractivity contribution in [1.29, 1.82) is 0 Å². The summed E-state index contributed by atoms with van der Waals surface area (Å²) in [4.78, 5) is 37.3. The van der Waals surface area contributed by atoms with Crippen LogP contribution in [-0.4, -0.2) is 17.7 Å². The van der Waals surface area contributed by atoms with Crippen molar-refractivity contribution in [2.24, 2.45) is 0 Å². The second-order valence-corrected chi connectivity index (χ2v) is 6.84. The van der Waals surface area contributed by atoms with Crippen molar-refractivity contribution in [1.82, 2.24) is 16.2 Å². The molecule has 3 amide bonds. The molecule has 0 saturated carbocycles. The van der Waals surface area contributed by atoms with Gasteiger partial charge in [0, 0.05) is 5.56 Å². The number of carbonyl (C=O) groups excluding carboxylic acids is 3. The Labute approximate surface area is 174 Å². The van der Waals surface area contributed by atoms with Crippen molar-refractivity contribution < 1.29 is 18.8 Å². The summed E-state index contributed by atoms with van der Waals surface area (Å²) in [5.74, 6) is -0.121. The van der Waals surface area contributed by atoms with Crippen molar-refractivity contribution in [3.05, 3.63) is 94.9 Å². The zero-order valence-electron chi connectivity index (χ0n) is 16.8. The Bertz CT molecular complexity index is 1030. The number of aryl methyl sites for hydroxylation is 2. The average molecular weight is 405 g/mol. The van der Waals surface area contributed by atoms with E-state index in [9.17, 15) is 14.4 Å². The first-order valence-electron chi connectivity index (χ1n) is 9.51. The molecule has 1 atom stereocenters. The summed E-state index contributed by atoms with van der Waals surface area (Å²) in [6.07, 6.45) is -0.0493. The Kier molecular flexibility index (Phi) is 6.64. The van der Waals surface area contributed by atoms with E-state index >= 15 is 0 Å². The second-order valence-electron chi connectivity index (χ2n) is 6.84. The summed E-state index contributed by atoms with van der Waals surface area (Å²) >= 11 is 0. The first-order valence-corrected chi connectivity index (χ1v) is 9.51. The van der Waals surface area contributed by atoms with Gasteiger partial charge in [0.1, 0.15) is 11.5 Å². The number of carbonyl (C=O) groups is 3. The Morgan fingerprint density at radius 2 is 1.50 bits per heavy atom. The molecule has 0 unspecified atom stereocenters. The highest BCUT2D eigenvalue weighted by Gasteiger charge is 2.20. The normalized spacial score (nSPS) is 11.4. The van der Waals surface area contributed by atoms with Crippen LogP contribution in [0.3, 0.4) is 0 Å². The van der Waals surface area contributed by atoms with Crippen molar-refractivity contribution in [3.8, 4) is 0 Å². The average Bonchev–Trinajstić information content (AvgIpc) is 3.10.